The molecule has 1 aromatic carbocycles. The van der Waals surface area contributed by atoms with Gasteiger partial charge in [0.25, 0.3) is 5.91 Å². The van der Waals surface area contributed by atoms with Crippen molar-refractivity contribution in [3.8, 4) is 0 Å². The number of carbonyl (C=O) groups is 1. The predicted octanol–water partition coefficient (Wildman–Crippen LogP) is 1.84. The van der Waals surface area contributed by atoms with Crippen molar-refractivity contribution in [3.63, 3.8) is 0 Å². The maximum atomic E-state index is 12.6. The van der Waals surface area contributed by atoms with E-state index in [-0.39, 0.29) is 23.0 Å². The van der Waals surface area contributed by atoms with Gasteiger partial charge < -0.3 is 14.8 Å². The smallest absolute Gasteiger partial charge is 0.287 e. The highest BCUT2D eigenvalue weighted by Gasteiger charge is 2.31. The van der Waals surface area contributed by atoms with E-state index in [0.29, 0.717) is 18.7 Å². The van der Waals surface area contributed by atoms with Crippen molar-refractivity contribution < 1.29 is 22.7 Å². The number of carbonyl (C=O) groups excluding carboxylic acids is 1. The number of aliphatic hydroxyl groups is 1. The maximum Gasteiger partial charge on any atom is 0.287 e. The number of benzene rings is 1. The molecule has 8 heteroatoms. The number of nitrogens with zero attached hydrogens (tertiary/aromatic N) is 1. The van der Waals surface area contributed by atoms with Crippen LogP contribution >= 0.6 is 0 Å². The van der Waals surface area contributed by atoms with Crippen LogP contribution in [0.15, 0.2) is 45.7 Å². The predicted molar refractivity (Wildman–Crippen MR) is 95.2 cm³/mol. The molecule has 1 unspecified atom stereocenters. The summed E-state index contributed by atoms with van der Waals surface area (Å²) in [6, 6.07) is 10.2. The maximum absolute atomic E-state index is 12.6. The van der Waals surface area contributed by atoms with E-state index in [2.05, 4.69) is 5.32 Å². The molecule has 1 amide bonds. The lowest BCUT2D eigenvalue weighted by atomic mass is 10.1. The lowest BCUT2D eigenvalue weighted by Crippen LogP contribution is -2.28. The lowest BCUT2D eigenvalue weighted by molar-refractivity contribution is 0.0887. The molecule has 1 aliphatic heterocycles. The Kier molecular flexibility index (Phi) is 5.45. The van der Waals surface area contributed by atoms with E-state index in [4.69, 9.17) is 4.42 Å². The summed E-state index contributed by atoms with van der Waals surface area (Å²) in [7, 11) is -3.65. The van der Waals surface area contributed by atoms with Gasteiger partial charge in [-0.15, -0.1) is 0 Å². The molecule has 1 aromatic heterocycles. The van der Waals surface area contributed by atoms with Crippen molar-refractivity contribution in [3.05, 3.63) is 53.5 Å². The number of hydrogen-bond donors (Lipinski definition) is 2. The summed E-state index contributed by atoms with van der Waals surface area (Å²) in [5, 5.41) is 12.7. The van der Waals surface area contributed by atoms with Crippen LogP contribution in [0.5, 0.6) is 0 Å². The van der Waals surface area contributed by atoms with Gasteiger partial charge in [-0.25, -0.2) is 8.42 Å². The Bertz CT molecular complexity index is 870. The molecule has 26 heavy (non-hydrogen) atoms. The Hall–Kier alpha value is -2.16. The van der Waals surface area contributed by atoms with Crippen molar-refractivity contribution in [2.24, 2.45) is 0 Å². The normalized spacial score (nSPS) is 16.5. The number of sulfonamides is 1. The van der Waals surface area contributed by atoms with Crippen LogP contribution in [0.1, 0.15) is 40.8 Å². The first-order chi connectivity index (χ1) is 12.4. The van der Waals surface area contributed by atoms with Gasteiger partial charge in [0.05, 0.1) is 6.10 Å². The number of rotatable bonds is 6. The second-order valence-corrected chi connectivity index (χ2v) is 8.19. The SMILES string of the molecule is Cc1oc(C(=O)NCC(O)c2ccccc2)cc1S(=O)(=O)N1CCCC1. The average molecular weight is 378 g/mol. The summed E-state index contributed by atoms with van der Waals surface area (Å²) in [4.78, 5) is 12.3. The monoisotopic (exact) mass is 378 g/mol. The molecule has 0 saturated carbocycles. The van der Waals surface area contributed by atoms with Crippen LogP contribution < -0.4 is 5.32 Å². The van der Waals surface area contributed by atoms with E-state index in [9.17, 15) is 18.3 Å². The summed E-state index contributed by atoms with van der Waals surface area (Å²) >= 11 is 0. The summed E-state index contributed by atoms with van der Waals surface area (Å²) in [5.41, 5.74) is 0.681. The van der Waals surface area contributed by atoms with Crippen LogP contribution in [0, 0.1) is 6.92 Å². The fourth-order valence-corrected chi connectivity index (χ4v) is 4.65. The first-order valence-corrected chi connectivity index (χ1v) is 9.95. The molecule has 3 rings (SSSR count). The number of furan rings is 1. The lowest BCUT2D eigenvalue weighted by Gasteiger charge is -2.14. The van der Waals surface area contributed by atoms with Crippen molar-refractivity contribution in [1.82, 2.24) is 9.62 Å². The van der Waals surface area contributed by atoms with Crippen molar-refractivity contribution in [2.75, 3.05) is 19.6 Å². The second-order valence-electron chi connectivity index (χ2n) is 6.28. The summed E-state index contributed by atoms with van der Waals surface area (Å²) < 4.78 is 32.0. The molecule has 1 fully saturated rings. The van der Waals surface area contributed by atoms with E-state index in [1.807, 2.05) is 6.07 Å². The highest BCUT2D eigenvalue weighted by molar-refractivity contribution is 7.89. The van der Waals surface area contributed by atoms with Gasteiger partial charge in [0.15, 0.2) is 5.76 Å². The first kappa shape index (κ1) is 18.6. The number of amides is 1. The van der Waals surface area contributed by atoms with E-state index in [0.717, 1.165) is 12.8 Å². The van der Waals surface area contributed by atoms with Crippen LogP contribution in [0.4, 0.5) is 0 Å². The zero-order valence-corrected chi connectivity index (χ0v) is 15.3. The highest BCUT2D eigenvalue weighted by Crippen LogP contribution is 2.26. The molecular weight excluding hydrogens is 356 g/mol. The Balaban J connectivity index is 1.69. The third-order valence-corrected chi connectivity index (χ3v) is 6.43. The van der Waals surface area contributed by atoms with Gasteiger partial charge in [0, 0.05) is 25.7 Å². The third-order valence-electron chi connectivity index (χ3n) is 4.42. The molecule has 140 valence electrons. The minimum atomic E-state index is -3.65. The number of hydrogen-bond acceptors (Lipinski definition) is 5. The molecule has 0 radical (unpaired) electrons. The minimum absolute atomic E-state index is 0.00317. The van der Waals surface area contributed by atoms with Gasteiger partial charge in [-0.05, 0) is 25.3 Å². The molecule has 2 heterocycles. The minimum Gasteiger partial charge on any atom is -0.455 e. The van der Waals surface area contributed by atoms with Crippen LogP contribution in [-0.4, -0.2) is 43.4 Å². The topological polar surface area (TPSA) is 99.8 Å². The van der Waals surface area contributed by atoms with Crippen LogP contribution in [0.25, 0.3) is 0 Å². The standard InChI is InChI=1S/C18H22N2O5S/c1-13-17(26(23,24)20-9-5-6-10-20)11-16(25-13)18(22)19-12-15(21)14-7-3-2-4-8-14/h2-4,7-8,11,15,21H,5-6,9-10,12H2,1H3,(H,19,22). The zero-order chi connectivity index (χ0) is 18.7. The fraction of sp³-hybridized carbons (Fsp3) is 0.389. The summed E-state index contributed by atoms with van der Waals surface area (Å²) in [6.45, 7) is 2.49. The van der Waals surface area contributed by atoms with E-state index in [1.54, 1.807) is 24.3 Å². The highest BCUT2D eigenvalue weighted by atomic mass is 32.2. The van der Waals surface area contributed by atoms with Gasteiger partial charge in [-0.2, -0.15) is 4.31 Å². The Morgan fingerprint density at radius 3 is 2.58 bits per heavy atom. The van der Waals surface area contributed by atoms with Gasteiger partial charge in [-0.3, -0.25) is 4.79 Å². The average Bonchev–Trinajstić information content (AvgIpc) is 3.30. The van der Waals surface area contributed by atoms with E-state index in [1.165, 1.54) is 17.3 Å². The van der Waals surface area contributed by atoms with Gasteiger partial charge in [0.2, 0.25) is 10.0 Å². The number of aryl methyl sites for hydroxylation is 1. The van der Waals surface area contributed by atoms with Gasteiger partial charge in [-0.1, -0.05) is 30.3 Å². The quantitative estimate of drug-likeness (QED) is 0.799. The molecule has 7 nitrogen and oxygen atoms in total. The van der Waals surface area contributed by atoms with Crippen LogP contribution in [0.2, 0.25) is 0 Å². The second kappa shape index (κ2) is 7.61. The molecule has 1 aliphatic rings. The van der Waals surface area contributed by atoms with E-state index < -0.39 is 22.0 Å². The Morgan fingerprint density at radius 1 is 1.27 bits per heavy atom. The van der Waals surface area contributed by atoms with E-state index >= 15 is 0 Å². The van der Waals surface area contributed by atoms with Crippen molar-refractivity contribution in [2.45, 2.75) is 30.8 Å². The van der Waals surface area contributed by atoms with Gasteiger partial charge in [0.1, 0.15) is 10.7 Å². The largest absolute Gasteiger partial charge is 0.455 e. The fourth-order valence-electron chi connectivity index (χ4n) is 2.97. The Labute approximate surface area is 152 Å². The molecule has 0 spiro atoms. The Morgan fingerprint density at radius 2 is 1.92 bits per heavy atom. The molecule has 0 bridgehead atoms. The molecular formula is C18H22N2O5S. The molecule has 1 atom stereocenters. The molecule has 2 aromatic rings. The summed E-state index contributed by atoms with van der Waals surface area (Å²) in [5.74, 6) is -0.461. The number of nitrogens with one attached hydrogen (secondary N) is 1. The van der Waals surface area contributed by atoms with Gasteiger partial charge >= 0.3 is 0 Å². The third kappa shape index (κ3) is 3.82. The molecule has 1 saturated heterocycles. The zero-order valence-electron chi connectivity index (χ0n) is 14.5. The van der Waals surface area contributed by atoms with Crippen molar-refractivity contribution in [1.29, 1.82) is 0 Å². The van der Waals surface area contributed by atoms with Crippen LogP contribution in [0.3, 0.4) is 0 Å². The van der Waals surface area contributed by atoms with Crippen molar-refractivity contribution >= 4 is 15.9 Å². The van der Waals surface area contributed by atoms with Crippen LogP contribution in [-0.2, 0) is 10.0 Å². The molecule has 0 aliphatic carbocycles. The first-order valence-electron chi connectivity index (χ1n) is 8.51. The summed E-state index contributed by atoms with van der Waals surface area (Å²) in [6.07, 6.45) is 0.811. The molecule has 2 N–H and O–H groups in total. The number of aliphatic hydroxyl groups excluding tert-OH is 1.